The summed E-state index contributed by atoms with van der Waals surface area (Å²) in [5.41, 5.74) is 0.689. The third-order valence-corrected chi connectivity index (χ3v) is 5.39. The zero-order valence-electron chi connectivity index (χ0n) is 15.0. The van der Waals surface area contributed by atoms with Gasteiger partial charge in [-0.3, -0.25) is 19.6 Å². The predicted molar refractivity (Wildman–Crippen MR) is 99.3 cm³/mol. The molecule has 0 aliphatic carbocycles. The van der Waals surface area contributed by atoms with Crippen LogP contribution in [0.15, 0.2) is 29.3 Å². The van der Waals surface area contributed by atoms with Crippen molar-refractivity contribution >= 4 is 17.7 Å². The molecule has 4 heterocycles. The summed E-state index contributed by atoms with van der Waals surface area (Å²) in [6.07, 6.45) is 6.39. The van der Waals surface area contributed by atoms with Crippen molar-refractivity contribution < 1.29 is 4.79 Å². The van der Waals surface area contributed by atoms with Crippen LogP contribution in [-0.4, -0.2) is 33.4 Å². The van der Waals surface area contributed by atoms with Gasteiger partial charge in [0.1, 0.15) is 11.7 Å². The number of carbonyl (C=O) groups excluding carboxylic acids is 1. The van der Waals surface area contributed by atoms with Crippen molar-refractivity contribution in [3.63, 3.8) is 0 Å². The summed E-state index contributed by atoms with van der Waals surface area (Å²) in [6, 6.07) is 5.74. The van der Waals surface area contributed by atoms with Crippen LogP contribution in [0.25, 0.3) is 0 Å². The first-order valence-corrected chi connectivity index (χ1v) is 9.11. The van der Waals surface area contributed by atoms with Crippen LogP contribution >= 0.6 is 0 Å². The number of rotatable bonds is 2. The SMILES string of the molecule is CC1CCCCN1c1nc2c(c(=O)[nH]1)C(c1ccncc1)C(C#N)C(=O)N2. The molecule has 138 valence electrons. The summed E-state index contributed by atoms with van der Waals surface area (Å²) >= 11 is 0. The molecule has 2 aliphatic heterocycles. The quantitative estimate of drug-likeness (QED) is 0.839. The highest BCUT2D eigenvalue weighted by atomic mass is 16.2. The summed E-state index contributed by atoms with van der Waals surface area (Å²) in [4.78, 5) is 39.0. The highest BCUT2D eigenvalue weighted by Gasteiger charge is 2.40. The highest BCUT2D eigenvalue weighted by Crippen LogP contribution is 2.38. The van der Waals surface area contributed by atoms with Gasteiger partial charge in [-0.05, 0) is 43.9 Å². The summed E-state index contributed by atoms with van der Waals surface area (Å²) in [5.74, 6) is -1.41. The van der Waals surface area contributed by atoms with Crippen molar-refractivity contribution in [2.75, 3.05) is 16.8 Å². The Kier molecular flexibility index (Phi) is 4.36. The summed E-state index contributed by atoms with van der Waals surface area (Å²) < 4.78 is 0. The van der Waals surface area contributed by atoms with E-state index < -0.39 is 17.7 Å². The number of H-pyrrole nitrogens is 1. The highest BCUT2D eigenvalue weighted by molar-refractivity contribution is 5.97. The number of aromatic nitrogens is 3. The molecule has 0 spiro atoms. The molecule has 2 aliphatic rings. The maximum absolute atomic E-state index is 13.0. The first-order valence-electron chi connectivity index (χ1n) is 9.11. The number of nitriles is 1. The number of amides is 1. The standard InChI is InChI=1S/C19H20N6O2/c1-11-4-2-3-9-25(11)19-23-16-15(18(27)24-19)14(12-5-7-21-8-6-12)13(10-20)17(26)22-16/h5-8,11,13-14H,2-4,9H2,1H3,(H2,22,23,24,26,27). The van der Waals surface area contributed by atoms with E-state index in [9.17, 15) is 14.9 Å². The number of hydrogen-bond donors (Lipinski definition) is 2. The molecule has 3 unspecified atom stereocenters. The molecule has 0 bridgehead atoms. The van der Waals surface area contributed by atoms with Crippen molar-refractivity contribution in [2.24, 2.45) is 5.92 Å². The third-order valence-electron chi connectivity index (χ3n) is 5.39. The zero-order chi connectivity index (χ0) is 19.0. The van der Waals surface area contributed by atoms with E-state index in [1.165, 1.54) is 0 Å². The van der Waals surface area contributed by atoms with Gasteiger partial charge in [0.15, 0.2) is 0 Å². The Bertz CT molecular complexity index is 964. The normalized spacial score (nSPS) is 24.7. The molecule has 3 atom stereocenters. The lowest BCUT2D eigenvalue weighted by Gasteiger charge is -2.35. The second-order valence-electron chi connectivity index (χ2n) is 7.04. The molecule has 1 fully saturated rings. The third kappa shape index (κ3) is 2.95. The number of hydrogen-bond acceptors (Lipinski definition) is 6. The second kappa shape index (κ2) is 6.83. The second-order valence-corrected chi connectivity index (χ2v) is 7.04. The van der Waals surface area contributed by atoms with Crippen LogP contribution in [0.2, 0.25) is 0 Å². The lowest BCUT2D eigenvalue weighted by Crippen LogP contribution is -2.42. The maximum Gasteiger partial charge on any atom is 0.258 e. The number of nitrogens with one attached hydrogen (secondary N) is 2. The molecule has 8 nitrogen and oxygen atoms in total. The number of pyridine rings is 1. The molecule has 8 heteroatoms. The van der Waals surface area contributed by atoms with Crippen LogP contribution in [0.3, 0.4) is 0 Å². The first-order chi connectivity index (χ1) is 13.1. The van der Waals surface area contributed by atoms with Crippen LogP contribution in [0.1, 0.15) is 43.2 Å². The van der Waals surface area contributed by atoms with Gasteiger partial charge >= 0.3 is 0 Å². The number of carbonyl (C=O) groups is 1. The van der Waals surface area contributed by atoms with Crippen molar-refractivity contribution in [1.82, 2.24) is 15.0 Å². The monoisotopic (exact) mass is 364 g/mol. The molecule has 1 amide bonds. The summed E-state index contributed by atoms with van der Waals surface area (Å²) in [5, 5.41) is 12.2. The number of piperidine rings is 1. The van der Waals surface area contributed by atoms with E-state index in [0.717, 1.165) is 25.8 Å². The fourth-order valence-corrected chi connectivity index (χ4v) is 3.98. The van der Waals surface area contributed by atoms with Gasteiger partial charge in [-0.1, -0.05) is 0 Å². The number of fused-ring (bicyclic) bond motifs is 1. The largest absolute Gasteiger partial charge is 0.340 e. The average Bonchev–Trinajstić information content (AvgIpc) is 2.67. The topological polar surface area (TPSA) is 115 Å². The van der Waals surface area contributed by atoms with Gasteiger partial charge in [0.2, 0.25) is 11.9 Å². The van der Waals surface area contributed by atoms with E-state index in [4.69, 9.17) is 0 Å². The van der Waals surface area contributed by atoms with Gasteiger partial charge < -0.3 is 10.2 Å². The lowest BCUT2D eigenvalue weighted by atomic mass is 9.79. The Hall–Kier alpha value is -3.21. The molecule has 0 saturated carbocycles. The van der Waals surface area contributed by atoms with Gasteiger partial charge in [-0.15, -0.1) is 0 Å². The Morgan fingerprint density at radius 2 is 2.04 bits per heavy atom. The number of nitrogens with zero attached hydrogens (tertiary/aromatic N) is 4. The van der Waals surface area contributed by atoms with Crippen LogP contribution in [0.4, 0.5) is 11.8 Å². The summed E-state index contributed by atoms with van der Waals surface area (Å²) in [6.45, 7) is 2.91. The van der Waals surface area contributed by atoms with E-state index in [0.29, 0.717) is 17.1 Å². The van der Waals surface area contributed by atoms with Crippen molar-refractivity contribution in [1.29, 1.82) is 5.26 Å². The van der Waals surface area contributed by atoms with Crippen LogP contribution in [-0.2, 0) is 4.79 Å². The Morgan fingerprint density at radius 1 is 1.26 bits per heavy atom. The smallest absolute Gasteiger partial charge is 0.258 e. The molecule has 1 saturated heterocycles. The van der Waals surface area contributed by atoms with E-state index in [1.54, 1.807) is 24.5 Å². The molecule has 0 aromatic carbocycles. The fraction of sp³-hybridized carbons (Fsp3) is 0.421. The first kappa shape index (κ1) is 17.2. The van der Waals surface area contributed by atoms with E-state index in [1.807, 2.05) is 6.07 Å². The molecule has 2 aromatic heterocycles. The fourth-order valence-electron chi connectivity index (χ4n) is 3.98. The molecular weight excluding hydrogens is 344 g/mol. The van der Waals surface area contributed by atoms with Crippen molar-refractivity contribution in [2.45, 2.75) is 38.1 Å². The zero-order valence-corrected chi connectivity index (χ0v) is 15.0. The van der Waals surface area contributed by atoms with Crippen LogP contribution in [0.5, 0.6) is 0 Å². The van der Waals surface area contributed by atoms with Gasteiger partial charge in [0, 0.05) is 30.9 Å². The van der Waals surface area contributed by atoms with Gasteiger partial charge in [-0.25, -0.2) is 0 Å². The molecule has 2 N–H and O–H groups in total. The summed E-state index contributed by atoms with van der Waals surface area (Å²) in [7, 11) is 0. The molecule has 4 rings (SSSR count). The Balaban J connectivity index is 1.85. The lowest BCUT2D eigenvalue weighted by molar-refractivity contribution is -0.119. The molecular formula is C19H20N6O2. The minimum atomic E-state index is -0.998. The molecule has 27 heavy (non-hydrogen) atoms. The predicted octanol–water partition coefficient (Wildman–Crippen LogP) is 1.77. The minimum Gasteiger partial charge on any atom is -0.340 e. The Labute approximate surface area is 156 Å². The minimum absolute atomic E-state index is 0.241. The number of aromatic amines is 1. The van der Waals surface area contributed by atoms with E-state index in [-0.39, 0.29) is 17.4 Å². The number of anilines is 2. The van der Waals surface area contributed by atoms with Crippen LogP contribution < -0.4 is 15.8 Å². The molecule has 0 radical (unpaired) electrons. The van der Waals surface area contributed by atoms with Crippen molar-refractivity contribution in [3.05, 3.63) is 46.0 Å². The van der Waals surface area contributed by atoms with Gasteiger partial charge in [0.25, 0.3) is 5.56 Å². The van der Waals surface area contributed by atoms with Crippen molar-refractivity contribution in [3.8, 4) is 6.07 Å². The van der Waals surface area contributed by atoms with E-state index in [2.05, 4.69) is 32.1 Å². The maximum atomic E-state index is 13.0. The van der Waals surface area contributed by atoms with Gasteiger partial charge in [0.05, 0.1) is 11.6 Å². The van der Waals surface area contributed by atoms with Crippen LogP contribution in [0, 0.1) is 17.2 Å². The van der Waals surface area contributed by atoms with Gasteiger partial charge in [-0.2, -0.15) is 10.2 Å². The average molecular weight is 364 g/mol. The Morgan fingerprint density at radius 3 is 2.74 bits per heavy atom. The molecule has 2 aromatic rings. The van der Waals surface area contributed by atoms with E-state index >= 15 is 0 Å².